The summed E-state index contributed by atoms with van der Waals surface area (Å²) in [6.45, 7) is 5.34. The summed E-state index contributed by atoms with van der Waals surface area (Å²) in [5, 5.41) is 13.1. The molecule has 1 aliphatic rings. The van der Waals surface area contributed by atoms with E-state index < -0.39 is 0 Å². The van der Waals surface area contributed by atoms with Gasteiger partial charge in [-0.1, -0.05) is 65.3 Å². The van der Waals surface area contributed by atoms with Crippen LogP contribution in [0.3, 0.4) is 0 Å². The minimum absolute atomic E-state index is 0.163. The van der Waals surface area contributed by atoms with Crippen LogP contribution in [-0.4, -0.2) is 49.4 Å². The van der Waals surface area contributed by atoms with Gasteiger partial charge in [-0.25, -0.2) is 4.98 Å². The second-order valence-corrected chi connectivity index (χ2v) is 9.43. The lowest BCUT2D eigenvalue weighted by molar-refractivity contribution is -0.113. The lowest BCUT2D eigenvalue weighted by Gasteiger charge is -2.16. The smallest absolute Gasteiger partial charge is 0.236 e. The van der Waals surface area contributed by atoms with Gasteiger partial charge in [-0.3, -0.25) is 9.69 Å². The molecule has 0 spiro atoms. The lowest BCUT2D eigenvalue weighted by atomic mass is 10.2. The predicted octanol–water partition coefficient (Wildman–Crippen LogP) is 4.66. The Morgan fingerprint density at radius 3 is 2.59 bits per heavy atom. The molecule has 10 heteroatoms. The number of carbonyl (C=O) groups is 1. The molecule has 1 aromatic carbocycles. The summed E-state index contributed by atoms with van der Waals surface area (Å²) in [5.41, 5.74) is 1.77. The largest absolute Gasteiger partial charge is 0.309 e. The van der Waals surface area contributed by atoms with Crippen molar-refractivity contribution >= 4 is 46.7 Å². The molecule has 0 radical (unpaired) electrons. The van der Waals surface area contributed by atoms with E-state index in [4.69, 9.17) is 23.2 Å². The third-order valence-electron chi connectivity index (χ3n) is 5.24. The van der Waals surface area contributed by atoms with E-state index in [0.717, 1.165) is 31.0 Å². The SMILES string of the molecule is Cc1nc(NC(=O)CSc2nnc(CN3CCCC3)n2Cc2ccccc2)c(Cl)cc1Cl. The molecule has 0 aliphatic carbocycles. The number of anilines is 1. The first-order chi connectivity index (χ1) is 15.5. The molecular weight excluding hydrogens is 467 g/mol. The van der Waals surface area contributed by atoms with Crippen LogP contribution in [0.25, 0.3) is 0 Å². The summed E-state index contributed by atoms with van der Waals surface area (Å²) in [4.78, 5) is 19.2. The molecule has 0 unspecified atom stereocenters. The number of thioether (sulfide) groups is 1. The summed E-state index contributed by atoms with van der Waals surface area (Å²) in [5.74, 6) is 1.16. The second-order valence-electron chi connectivity index (χ2n) is 7.68. The molecule has 1 amide bonds. The van der Waals surface area contributed by atoms with Crippen molar-refractivity contribution in [3.63, 3.8) is 0 Å². The monoisotopic (exact) mass is 490 g/mol. The number of aromatic nitrogens is 4. The fourth-order valence-corrected chi connectivity index (χ4v) is 4.72. The van der Waals surface area contributed by atoms with Crippen molar-refractivity contribution in [1.82, 2.24) is 24.6 Å². The highest BCUT2D eigenvalue weighted by Crippen LogP contribution is 2.26. The van der Waals surface area contributed by atoms with E-state index in [2.05, 4.69) is 42.1 Å². The van der Waals surface area contributed by atoms with Gasteiger partial charge in [-0.15, -0.1) is 10.2 Å². The fourth-order valence-electron chi connectivity index (χ4n) is 3.55. The maximum Gasteiger partial charge on any atom is 0.236 e. The number of halogens is 2. The number of amides is 1. The van der Waals surface area contributed by atoms with Crippen molar-refractivity contribution in [1.29, 1.82) is 0 Å². The summed E-state index contributed by atoms with van der Waals surface area (Å²) >= 11 is 13.5. The predicted molar refractivity (Wildman–Crippen MR) is 128 cm³/mol. The van der Waals surface area contributed by atoms with Crippen LogP contribution in [0.1, 0.15) is 29.9 Å². The maximum atomic E-state index is 12.6. The summed E-state index contributed by atoms with van der Waals surface area (Å²) in [6, 6.07) is 11.8. The lowest BCUT2D eigenvalue weighted by Crippen LogP contribution is -2.22. The topological polar surface area (TPSA) is 75.9 Å². The Morgan fingerprint density at radius 2 is 1.84 bits per heavy atom. The van der Waals surface area contributed by atoms with Gasteiger partial charge >= 0.3 is 0 Å². The van der Waals surface area contributed by atoms with Crippen LogP contribution < -0.4 is 5.32 Å². The quantitative estimate of drug-likeness (QED) is 0.462. The average Bonchev–Trinajstić information content (AvgIpc) is 3.42. The molecule has 0 saturated carbocycles. The summed E-state index contributed by atoms with van der Waals surface area (Å²) in [6.07, 6.45) is 2.44. The molecule has 0 bridgehead atoms. The number of benzene rings is 1. The van der Waals surface area contributed by atoms with Gasteiger partial charge in [-0.2, -0.15) is 0 Å². The van der Waals surface area contributed by atoms with E-state index in [9.17, 15) is 4.79 Å². The Hall–Kier alpha value is -2.13. The number of pyridine rings is 1. The van der Waals surface area contributed by atoms with Crippen molar-refractivity contribution in [2.75, 3.05) is 24.2 Å². The first-order valence-corrected chi connectivity index (χ1v) is 12.2. The number of aryl methyl sites for hydroxylation is 1. The van der Waals surface area contributed by atoms with Crippen molar-refractivity contribution in [3.05, 3.63) is 63.5 Å². The highest BCUT2D eigenvalue weighted by molar-refractivity contribution is 7.99. The molecule has 1 fully saturated rings. The van der Waals surface area contributed by atoms with Crippen molar-refractivity contribution in [2.45, 2.75) is 38.0 Å². The van der Waals surface area contributed by atoms with Gasteiger partial charge in [0.2, 0.25) is 5.91 Å². The van der Waals surface area contributed by atoms with Crippen LogP contribution in [0.5, 0.6) is 0 Å². The Balaban J connectivity index is 1.46. The first kappa shape index (κ1) is 23.0. The molecule has 3 aromatic rings. The Bertz CT molecular complexity index is 1090. The van der Waals surface area contributed by atoms with Gasteiger partial charge in [0.25, 0.3) is 0 Å². The highest BCUT2D eigenvalue weighted by atomic mass is 35.5. The van der Waals surface area contributed by atoms with Crippen LogP contribution in [0.2, 0.25) is 10.0 Å². The summed E-state index contributed by atoms with van der Waals surface area (Å²) in [7, 11) is 0. The normalized spacial score (nSPS) is 14.1. The molecule has 0 atom stereocenters. The van der Waals surface area contributed by atoms with Gasteiger partial charge in [0, 0.05) is 0 Å². The van der Waals surface area contributed by atoms with E-state index >= 15 is 0 Å². The molecule has 168 valence electrons. The molecular formula is C22H24Cl2N6OS. The molecule has 32 heavy (non-hydrogen) atoms. The average molecular weight is 491 g/mol. The molecule has 7 nitrogen and oxygen atoms in total. The fraction of sp³-hybridized carbons (Fsp3) is 0.364. The number of nitrogens with one attached hydrogen (secondary N) is 1. The third kappa shape index (κ3) is 5.81. The molecule has 2 aromatic heterocycles. The van der Waals surface area contributed by atoms with Gasteiger partial charge in [0.15, 0.2) is 11.0 Å². The Labute approximate surface area is 201 Å². The summed E-state index contributed by atoms with van der Waals surface area (Å²) < 4.78 is 2.10. The van der Waals surface area contributed by atoms with Crippen LogP contribution in [0.15, 0.2) is 41.6 Å². The standard InChI is InChI=1S/C22H24Cl2N6OS/c1-15-17(23)11-18(24)21(25-15)26-20(31)14-32-22-28-27-19(13-29-9-5-6-10-29)30(22)12-16-7-3-2-4-8-16/h2-4,7-8,11H,5-6,9-10,12-14H2,1H3,(H,25,26,31). The molecule has 4 rings (SSSR count). The number of hydrogen-bond donors (Lipinski definition) is 1. The Morgan fingerprint density at radius 1 is 1.09 bits per heavy atom. The van der Waals surface area contributed by atoms with Crippen molar-refractivity contribution < 1.29 is 4.79 Å². The van der Waals surface area contributed by atoms with Crippen LogP contribution in [0.4, 0.5) is 5.82 Å². The Kier molecular flexibility index (Phi) is 7.67. The van der Waals surface area contributed by atoms with E-state index in [1.54, 1.807) is 13.0 Å². The zero-order valence-corrected chi connectivity index (χ0v) is 20.1. The van der Waals surface area contributed by atoms with Crippen LogP contribution in [-0.2, 0) is 17.9 Å². The number of carbonyl (C=O) groups excluding carboxylic acids is 1. The number of rotatable bonds is 8. The number of likely N-dealkylation sites (tertiary alicyclic amines) is 1. The number of nitrogens with zero attached hydrogens (tertiary/aromatic N) is 5. The highest BCUT2D eigenvalue weighted by Gasteiger charge is 2.19. The minimum Gasteiger partial charge on any atom is -0.309 e. The molecule has 3 heterocycles. The molecule has 1 N–H and O–H groups in total. The van der Waals surface area contributed by atoms with E-state index in [-0.39, 0.29) is 11.7 Å². The second kappa shape index (κ2) is 10.7. The first-order valence-electron chi connectivity index (χ1n) is 10.4. The van der Waals surface area contributed by atoms with Gasteiger partial charge in [0.05, 0.1) is 34.6 Å². The third-order valence-corrected chi connectivity index (χ3v) is 6.87. The number of hydrogen-bond acceptors (Lipinski definition) is 6. The van der Waals surface area contributed by atoms with Gasteiger partial charge in [-0.05, 0) is 44.5 Å². The maximum absolute atomic E-state index is 12.6. The minimum atomic E-state index is -0.221. The van der Waals surface area contributed by atoms with Crippen LogP contribution >= 0.6 is 35.0 Å². The van der Waals surface area contributed by atoms with E-state index in [1.807, 2.05) is 18.2 Å². The molecule has 1 saturated heterocycles. The van der Waals surface area contributed by atoms with E-state index in [0.29, 0.717) is 33.3 Å². The zero-order valence-electron chi connectivity index (χ0n) is 17.7. The van der Waals surface area contributed by atoms with Gasteiger partial charge in [0.1, 0.15) is 5.82 Å². The van der Waals surface area contributed by atoms with E-state index in [1.165, 1.54) is 24.6 Å². The van der Waals surface area contributed by atoms with Crippen LogP contribution in [0, 0.1) is 6.92 Å². The van der Waals surface area contributed by atoms with Crippen molar-refractivity contribution in [2.24, 2.45) is 0 Å². The van der Waals surface area contributed by atoms with Gasteiger partial charge < -0.3 is 9.88 Å². The van der Waals surface area contributed by atoms with Crippen molar-refractivity contribution in [3.8, 4) is 0 Å². The zero-order chi connectivity index (χ0) is 22.5. The molecule has 1 aliphatic heterocycles.